The quantitative estimate of drug-likeness (QED) is 0.642. The highest BCUT2D eigenvalue weighted by Crippen LogP contribution is 2.21. The number of nitrogens with one attached hydrogen (secondary N) is 1. The molecule has 5 nitrogen and oxygen atoms in total. The number of hydrogen-bond acceptors (Lipinski definition) is 4. The molecule has 1 aliphatic rings. The number of halogens is 1. The third kappa shape index (κ3) is 4.23. The smallest absolute Gasteiger partial charge is 0.194 e. The van der Waals surface area contributed by atoms with Crippen LogP contribution < -0.4 is 10.2 Å². The molecule has 2 aromatic heterocycles. The second-order valence-electron chi connectivity index (χ2n) is 5.27. The van der Waals surface area contributed by atoms with Gasteiger partial charge in [0.2, 0.25) is 0 Å². The lowest BCUT2D eigenvalue weighted by atomic mass is 10.3. The van der Waals surface area contributed by atoms with Crippen LogP contribution in [0.2, 0.25) is 0 Å². The van der Waals surface area contributed by atoms with Gasteiger partial charge in [0.1, 0.15) is 5.82 Å². The summed E-state index contributed by atoms with van der Waals surface area (Å²) in [6, 6.07) is 10.3. The van der Waals surface area contributed by atoms with E-state index in [0.717, 1.165) is 48.3 Å². The van der Waals surface area contributed by atoms with E-state index < -0.39 is 0 Å². The summed E-state index contributed by atoms with van der Waals surface area (Å²) in [5.74, 6) is 2.02. The molecular formula is C16H20BrN5S. The minimum absolute atomic E-state index is 0.809. The molecular weight excluding hydrogens is 374 g/mol. The third-order valence-corrected chi connectivity index (χ3v) is 5.44. The molecule has 7 heteroatoms. The highest BCUT2D eigenvalue weighted by Gasteiger charge is 2.20. The maximum Gasteiger partial charge on any atom is 0.194 e. The minimum atomic E-state index is 0.809. The van der Waals surface area contributed by atoms with Crippen molar-refractivity contribution in [3.05, 3.63) is 45.2 Å². The zero-order chi connectivity index (χ0) is 16.1. The van der Waals surface area contributed by atoms with Crippen LogP contribution in [0, 0.1) is 0 Å². The van der Waals surface area contributed by atoms with Gasteiger partial charge in [-0.2, -0.15) is 0 Å². The van der Waals surface area contributed by atoms with Crippen LogP contribution >= 0.6 is 27.3 Å². The first kappa shape index (κ1) is 16.3. The molecule has 1 fully saturated rings. The highest BCUT2D eigenvalue weighted by molar-refractivity contribution is 9.11. The molecule has 1 aliphatic heterocycles. The van der Waals surface area contributed by atoms with E-state index in [2.05, 4.69) is 59.2 Å². The standard InChI is InChI=1S/C16H20BrN5S/c1-18-16(20-12-13-5-6-14(17)23-13)22-10-8-21(9-11-22)15-4-2-3-7-19-15/h2-7H,8-12H2,1H3,(H,18,20). The zero-order valence-corrected chi connectivity index (χ0v) is 15.5. The van der Waals surface area contributed by atoms with Gasteiger partial charge in [-0.05, 0) is 40.2 Å². The Bertz CT molecular complexity index is 650. The molecule has 0 amide bonds. The maximum absolute atomic E-state index is 4.43. The second-order valence-corrected chi connectivity index (χ2v) is 7.82. The van der Waals surface area contributed by atoms with Gasteiger partial charge in [-0.15, -0.1) is 11.3 Å². The Morgan fingerprint density at radius 2 is 2.09 bits per heavy atom. The SMILES string of the molecule is CN=C(NCc1ccc(Br)s1)N1CCN(c2ccccn2)CC1. The van der Waals surface area contributed by atoms with Gasteiger partial charge in [0.15, 0.2) is 5.96 Å². The van der Waals surface area contributed by atoms with Crippen molar-refractivity contribution in [2.75, 3.05) is 38.1 Å². The summed E-state index contributed by atoms with van der Waals surface area (Å²) in [7, 11) is 1.85. The van der Waals surface area contributed by atoms with Crippen LogP contribution in [-0.4, -0.2) is 49.1 Å². The average Bonchev–Trinajstić information content (AvgIpc) is 3.02. The highest BCUT2D eigenvalue weighted by atomic mass is 79.9. The molecule has 0 saturated carbocycles. The van der Waals surface area contributed by atoms with Crippen LogP contribution in [0.3, 0.4) is 0 Å². The molecule has 0 radical (unpaired) electrons. The van der Waals surface area contributed by atoms with Crippen LogP contribution in [0.5, 0.6) is 0 Å². The zero-order valence-electron chi connectivity index (χ0n) is 13.1. The van der Waals surface area contributed by atoms with Gasteiger partial charge in [-0.3, -0.25) is 4.99 Å². The van der Waals surface area contributed by atoms with E-state index in [1.54, 1.807) is 11.3 Å². The molecule has 122 valence electrons. The summed E-state index contributed by atoms with van der Waals surface area (Å²) in [5.41, 5.74) is 0. The average molecular weight is 394 g/mol. The van der Waals surface area contributed by atoms with Gasteiger partial charge in [0.05, 0.1) is 10.3 Å². The monoisotopic (exact) mass is 393 g/mol. The molecule has 0 spiro atoms. The van der Waals surface area contributed by atoms with Crippen molar-refractivity contribution in [2.24, 2.45) is 4.99 Å². The number of anilines is 1. The van der Waals surface area contributed by atoms with Crippen LogP contribution in [0.4, 0.5) is 5.82 Å². The Kier molecular flexibility index (Phi) is 5.51. The number of rotatable bonds is 3. The molecule has 0 aliphatic carbocycles. The minimum Gasteiger partial charge on any atom is -0.353 e. The predicted octanol–water partition coefficient (Wildman–Crippen LogP) is 2.80. The van der Waals surface area contributed by atoms with E-state index in [1.807, 2.05) is 25.4 Å². The fourth-order valence-corrected chi connectivity index (χ4v) is 4.06. The Balaban J connectivity index is 1.53. The van der Waals surface area contributed by atoms with Gasteiger partial charge < -0.3 is 15.1 Å². The summed E-state index contributed by atoms with van der Waals surface area (Å²) in [6.07, 6.45) is 1.85. The van der Waals surface area contributed by atoms with E-state index in [1.165, 1.54) is 4.88 Å². The van der Waals surface area contributed by atoms with E-state index in [4.69, 9.17) is 0 Å². The Labute approximate surface area is 149 Å². The second kappa shape index (κ2) is 7.79. The van der Waals surface area contributed by atoms with E-state index in [-0.39, 0.29) is 0 Å². The van der Waals surface area contributed by atoms with Gasteiger partial charge >= 0.3 is 0 Å². The first-order chi connectivity index (χ1) is 11.3. The number of piperazine rings is 1. The van der Waals surface area contributed by atoms with E-state index in [0.29, 0.717) is 0 Å². The number of aromatic nitrogens is 1. The fourth-order valence-electron chi connectivity index (χ4n) is 2.63. The fraction of sp³-hybridized carbons (Fsp3) is 0.375. The topological polar surface area (TPSA) is 43.8 Å². The van der Waals surface area contributed by atoms with Crippen LogP contribution in [0.15, 0.2) is 45.3 Å². The van der Waals surface area contributed by atoms with Gasteiger partial charge in [-0.1, -0.05) is 6.07 Å². The van der Waals surface area contributed by atoms with E-state index >= 15 is 0 Å². The van der Waals surface area contributed by atoms with E-state index in [9.17, 15) is 0 Å². The largest absolute Gasteiger partial charge is 0.353 e. The lowest BCUT2D eigenvalue weighted by molar-refractivity contribution is 0.371. The first-order valence-electron chi connectivity index (χ1n) is 7.62. The summed E-state index contributed by atoms with van der Waals surface area (Å²) in [5, 5.41) is 3.45. The van der Waals surface area contributed by atoms with Crippen molar-refractivity contribution in [1.29, 1.82) is 0 Å². The lowest BCUT2D eigenvalue weighted by Crippen LogP contribution is -2.52. The number of aliphatic imine (C=N–C) groups is 1. The summed E-state index contributed by atoms with van der Waals surface area (Å²) in [4.78, 5) is 14.8. The number of thiophene rings is 1. The summed E-state index contributed by atoms with van der Waals surface area (Å²) >= 11 is 5.25. The molecule has 2 aromatic rings. The Morgan fingerprint density at radius 1 is 1.26 bits per heavy atom. The van der Waals surface area contributed by atoms with Crippen molar-refractivity contribution >= 4 is 39.0 Å². The molecule has 0 bridgehead atoms. The molecule has 0 atom stereocenters. The van der Waals surface area contributed by atoms with Crippen molar-refractivity contribution in [1.82, 2.24) is 15.2 Å². The normalized spacial score (nSPS) is 15.8. The molecule has 1 N–H and O–H groups in total. The number of hydrogen-bond donors (Lipinski definition) is 1. The lowest BCUT2D eigenvalue weighted by Gasteiger charge is -2.37. The molecule has 0 aromatic carbocycles. The molecule has 0 unspecified atom stereocenters. The molecule has 3 rings (SSSR count). The van der Waals surface area contributed by atoms with Gasteiger partial charge in [0, 0.05) is 44.3 Å². The Morgan fingerprint density at radius 3 is 2.70 bits per heavy atom. The van der Waals surface area contributed by atoms with Crippen molar-refractivity contribution in [2.45, 2.75) is 6.54 Å². The van der Waals surface area contributed by atoms with Gasteiger partial charge in [-0.25, -0.2) is 4.98 Å². The summed E-state index contributed by atoms with van der Waals surface area (Å²) in [6.45, 7) is 4.63. The van der Waals surface area contributed by atoms with Crippen LogP contribution in [0.1, 0.15) is 4.88 Å². The van der Waals surface area contributed by atoms with Crippen LogP contribution in [0.25, 0.3) is 0 Å². The van der Waals surface area contributed by atoms with Crippen molar-refractivity contribution < 1.29 is 0 Å². The number of guanidine groups is 1. The van der Waals surface area contributed by atoms with Crippen molar-refractivity contribution in [3.63, 3.8) is 0 Å². The third-order valence-electron chi connectivity index (χ3n) is 3.81. The first-order valence-corrected chi connectivity index (χ1v) is 9.23. The molecule has 23 heavy (non-hydrogen) atoms. The predicted molar refractivity (Wildman–Crippen MR) is 100 cm³/mol. The Hall–Kier alpha value is -1.60. The van der Waals surface area contributed by atoms with Crippen LogP contribution in [-0.2, 0) is 6.54 Å². The maximum atomic E-state index is 4.43. The molecule has 3 heterocycles. The number of nitrogens with zero attached hydrogens (tertiary/aromatic N) is 4. The molecule has 1 saturated heterocycles. The van der Waals surface area contributed by atoms with Crippen molar-refractivity contribution in [3.8, 4) is 0 Å². The van der Waals surface area contributed by atoms with Gasteiger partial charge in [0.25, 0.3) is 0 Å². The number of pyridine rings is 1. The summed E-state index contributed by atoms with van der Waals surface area (Å²) < 4.78 is 1.16.